The first-order valence-corrected chi connectivity index (χ1v) is 5.40. The topological polar surface area (TPSA) is 29.1 Å². The highest BCUT2D eigenvalue weighted by Gasteiger charge is 2.11. The van der Waals surface area contributed by atoms with Gasteiger partial charge in [0, 0.05) is 11.6 Å². The molecule has 1 amide bonds. The normalized spacial score (nSPS) is 11.9. The standard InChI is InChI=1S/C13H15F2NO/c1-3-13(17)16-9(2)7-8-10-11(14)5-4-6-12(10)15/h3-6,9H,1,7-8H2,2H3,(H,16,17). The van der Waals surface area contributed by atoms with E-state index in [4.69, 9.17) is 0 Å². The summed E-state index contributed by atoms with van der Waals surface area (Å²) in [6.45, 7) is 5.11. The summed E-state index contributed by atoms with van der Waals surface area (Å²) in [6.07, 6.45) is 1.88. The van der Waals surface area contributed by atoms with Crippen molar-refractivity contribution >= 4 is 5.91 Å². The zero-order chi connectivity index (χ0) is 12.8. The van der Waals surface area contributed by atoms with E-state index in [0.717, 1.165) is 0 Å². The van der Waals surface area contributed by atoms with E-state index in [2.05, 4.69) is 11.9 Å². The van der Waals surface area contributed by atoms with Crippen LogP contribution in [0.25, 0.3) is 0 Å². The molecule has 0 heterocycles. The van der Waals surface area contributed by atoms with Gasteiger partial charge in [0.25, 0.3) is 0 Å². The predicted molar refractivity (Wildman–Crippen MR) is 62.5 cm³/mol. The molecule has 0 aromatic heterocycles. The van der Waals surface area contributed by atoms with E-state index < -0.39 is 11.6 Å². The molecule has 1 aromatic carbocycles. The Hall–Kier alpha value is -1.71. The van der Waals surface area contributed by atoms with Crippen molar-refractivity contribution in [1.29, 1.82) is 0 Å². The lowest BCUT2D eigenvalue weighted by atomic mass is 10.0. The molecule has 0 aliphatic rings. The van der Waals surface area contributed by atoms with Gasteiger partial charge in [-0.25, -0.2) is 8.78 Å². The summed E-state index contributed by atoms with van der Waals surface area (Å²) >= 11 is 0. The van der Waals surface area contributed by atoms with Gasteiger partial charge in [-0.2, -0.15) is 0 Å². The third-order valence-corrected chi connectivity index (χ3v) is 2.46. The maximum absolute atomic E-state index is 13.3. The number of benzene rings is 1. The maximum atomic E-state index is 13.3. The lowest BCUT2D eigenvalue weighted by Crippen LogP contribution is -2.31. The van der Waals surface area contributed by atoms with Gasteiger partial charge in [-0.05, 0) is 38.0 Å². The molecule has 1 atom stereocenters. The Morgan fingerprint density at radius 1 is 1.47 bits per heavy atom. The second-order valence-electron chi connectivity index (χ2n) is 3.85. The molecule has 92 valence electrons. The van der Waals surface area contributed by atoms with E-state index in [1.165, 1.54) is 24.3 Å². The number of amides is 1. The molecule has 0 aliphatic heterocycles. The first kappa shape index (κ1) is 13.4. The third-order valence-electron chi connectivity index (χ3n) is 2.46. The Balaban J connectivity index is 2.55. The average molecular weight is 239 g/mol. The molecule has 1 unspecified atom stereocenters. The molecule has 1 N–H and O–H groups in total. The molecular weight excluding hydrogens is 224 g/mol. The van der Waals surface area contributed by atoms with Crippen molar-refractivity contribution in [3.8, 4) is 0 Å². The molecule has 0 aliphatic carbocycles. The largest absolute Gasteiger partial charge is 0.350 e. The Morgan fingerprint density at radius 3 is 2.59 bits per heavy atom. The van der Waals surface area contributed by atoms with Crippen molar-refractivity contribution in [2.75, 3.05) is 0 Å². The molecule has 0 radical (unpaired) electrons. The summed E-state index contributed by atoms with van der Waals surface area (Å²) in [5.74, 6) is -1.38. The highest BCUT2D eigenvalue weighted by molar-refractivity contribution is 5.87. The Labute approximate surface area is 99.3 Å². The van der Waals surface area contributed by atoms with Crippen molar-refractivity contribution in [2.24, 2.45) is 0 Å². The summed E-state index contributed by atoms with van der Waals surface area (Å²) in [5, 5.41) is 2.64. The van der Waals surface area contributed by atoms with Crippen LogP contribution in [0, 0.1) is 11.6 Å². The molecule has 0 bridgehead atoms. The van der Waals surface area contributed by atoms with E-state index in [1.54, 1.807) is 6.92 Å². The molecule has 17 heavy (non-hydrogen) atoms. The van der Waals surface area contributed by atoms with Crippen LogP contribution in [0.2, 0.25) is 0 Å². The Morgan fingerprint density at radius 2 is 2.06 bits per heavy atom. The lowest BCUT2D eigenvalue weighted by Gasteiger charge is -2.12. The molecule has 4 heteroatoms. The summed E-state index contributed by atoms with van der Waals surface area (Å²) < 4.78 is 26.6. The van der Waals surface area contributed by atoms with Crippen molar-refractivity contribution < 1.29 is 13.6 Å². The van der Waals surface area contributed by atoms with E-state index in [0.29, 0.717) is 6.42 Å². The number of nitrogens with one attached hydrogen (secondary N) is 1. The van der Waals surface area contributed by atoms with Crippen molar-refractivity contribution in [3.63, 3.8) is 0 Å². The highest BCUT2D eigenvalue weighted by atomic mass is 19.1. The van der Waals surface area contributed by atoms with Gasteiger partial charge in [0.1, 0.15) is 11.6 Å². The zero-order valence-electron chi connectivity index (χ0n) is 9.67. The fraction of sp³-hybridized carbons (Fsp3) is 0.308. The highest BCUT2D eigenvalue weighted by Crippen LogP contribution is 2.14. The van der Waals surface area contributed by atoms with E-state index >= 15 is 0 Å². The molecule has 0 saturated heterocycles. The van der Waals surface area contributed by atoms with Crippen molar-refractivity contribution in [1.82, 2.24) is 5.32 Å². The quantitative estimate of drug-likeness (QED) is 0.786. The molecule has 1 aromatic rings. The fourth-order valence-electron chi connectivity index (χ4n) is 1.51. The minimum Gasteiger partial charge on any atom is -0.350 e. The summed E-state index contributed by atoms with van der Waals surface area (Å²) in [5.41, 5.74) is 0.0622. The first-order chi connectivity index (χ1) is 8.04. The van der Waals surface area contributed by atoms with Crippen LogP contribution >= 0.6 is 0 Å². The fourth-order valence-corrected chi connectivity index (χ4v) is 1.51. The second-order valence-corrected chi connectivity index (χ2v) is 3.85. The summed E-state index contributed by atoms with van der Waals surface area (Å²) in [6, 6.07) is 3.63. The van der Waals surface area contributed by atoms with Crippen molar-refractivity contribution in [3.05, 3.63) is 48.1 Å². The molecular formula is C13H15F2NO. The van der Waals surface area contributed by atoms with Crippen LogP contribution < -0.4 is 5.32 Å². The Bertz CT molecular complexity index is 398. The van der Waals surface area contributed by atoms with Crippen LogP contribution in [0.1, 0.15) is 18.9 Å². The van der Waals surface area contributed by atoms with Crippen LogP contribution in [0.3, 0.4) is 0 Å². The van der Waals surface area contributed by atoms with Crippen LogP contribution in [-0.4, -0.2) is 11.9 Å². The van der Waals surface area contributed by atoms with Gasteiger partial charge >= 0.3 is 0 Å². The average Bonchev–Trinajstić information content (AvgIpc) is 2.28. The smallest absolute Gasteiger partial charge is 0.243 e. The van der Waals surface area contributed by atoms with E-state index in [1.807, 2.05) is 0 Å². The maximum Gasteiger partial charge on any atom is 0.243 e. The van der Waals surface area contributed by atoms with Gasteiger partial charge < -0.3 is 5.32 Å². The van der Waals surface area contributed by atoms with E-state index in [-0.39, 0.29) is 23.9 Å². The SMILES string of the molecule is C=CC(=O)NC(C)CCc1c(F)cccc1F. The van der Waals surface area contributed by atoms with Crippen molar-refractivity contribution in [2.45, 2.75) is 25.8 Å². The number of halogens is 2. The van der Waals surface area contributed by atoms with Gasteiger partial charge in [0.2, 0.25) is 5.91 Å². The van der Waals surface area contributed by atoms with Gasteiger partial charge in [0.05, 0.1) is 0 Å². The molecule has 0 spiro atoms. The molecule has 0 fully saturated rings. The number of carbonyl (C=O) groups is 1. The van der Waals surface area contributed by atoms with Gasteiger partial charge in [-0.1, -0.05) is 12.6 Å². The lowest BCUT2D eigenvalue weighted by molar-refractivity contribution is -0.117. The molecule has 0 saturated carbocycles. The minimum atomic E-state index is -0.549. The molecule has 2 nitrogen and oxygen atoms in total. The van der Waals surface area contributed by atoms with Gasteiger partial charge in [-0.3, -0.25) is 4.79 Å². The second kappa shape index (κ2) is 6.13. The zero-order valence-corrected chi connectivity index (χ0v) is 9.67. The predicted octanol–water partition coefficient (Wildman–Crippen LogP) is 2.59. The third kappa shape index (κ3) is 3.98. The van der Waals surface area contributed by atoms with E-state index in [9.17, 15) is 13.6 Å². The minimum absolute atomic E-state index is 0.0622. The summed E-state index contributed by atoms with van der Waals surface area (Å²) in [7, 11) is 0. The Kier molecular flexibility index (Phi) is 4.82. The summed E-state index contributed by atoms with van der Waals surface area (Å²) in [4.78, 5) is 11.0. The first-order valence-electron chi connectivity index (χ1n) is 5.40. The van der Waals surface area contributed by atoms with Crippen LogP contribution in [0.4, 0.5) is 8.78 Å². The number of hydrogen-bond donors (Lipinski definition) is 1. The van der Waals surface area contributed by atoms with Crippen LogP contribution in [0.5, 0.6) is 0 Å². The molecule has 1 rings (SSSR count). The van der Waals surface area contributed by atoms with Gasteiger partial charge in [0.15, 0.2) is 0 Å². The number of carbonyl (C=O) groups excluding carboxylic acids is 1. The number of hydrogen-bond acceptors (Lipinski definition) is 1. The van der Waals surface area contributed by atoms with Crippen LogP contribution in [0.15, 0.2) is 30.9 Å². The number of rotatable bonds is 5. The monoisotopic (exact) mass is 239 g/mol. The van der Waals surface area contributed by atoms with Gasteiger partial charge in [-0.15, -0.1) is 0 Å². The van der Waals surface area contributed by atoms with Crippen LogP contribution in [-0.2, 0) is 11.2 Å².